The third-order valence-electron chi connectivity index (χ3n) is 5.55. The summed E-state index contributed by atoms with van der Waals surface area (Å²) < 4.78 is 36.5. The first-order valence-corrected chi connectivity index (χ1v) is 10.0. The SMILES string of the molecule is COc1ccc(-c2nn(-c3ccc(C)cc3)cc2N2C(=O)C(F)(F)c3ccccc32)cc1. The lowest BCUT2D eigenvalue weighted by Crippen LogP contribution is -2.31. The molecule has 5 rings (SSSR count). The van der Waals surface area contributed by atoms with E-state index in [0.29, 0.717) is 17.0 Å². The van der Waals surface area contributed by atoms with Crippen LogP contribution in [0.25, 0.3) is 16.9 Å². The highest BCUT2D eigenvalue weighted by Gasteiger charge is 2.54. The maximum Gasteiger partial charge on any atom is 0.352 e. The van der Waals surface area contributed by atoms with E-state index < -0.39 is 11.8 Å². The molecule has 32 heavy (non-hydrogen) atoms. The molecule has 5 nitrogen and oxygen atoms in total. The van der Waals surface area contributed by atoms with Gasteiger partial charge in [0.15, 0.2) is 0 Å². The number of carbonyl (C=O) groups is 1. The zero-order valence-corrected chi connectivity index (χ0v) is 17.4. The molecule has 1 amide bonds. The lowest BCUT2D eigenvalue weighted by Gasteiger charge is -2.17. The van der Waals surface area contributed by atoms with Gasteiger partial charge in [0.05, 0.1) is 35.9 Å². The Kier molecular flexibility index (Phi) is 4.55. The second kappa shape index (κ2) is 7.30. The Morgan fingerprint density at radius 2 is 1.59 bits per heavy atom. The van der Waals surface area contributed by atoms with Crippen LogP contribution in [0.2, 0.25) is 0 Å². The van der Waals surface area contributed by atoms with Crippen LogP contribution in [0.5, 0.6) is 5.75 Å². The van der Waals surface area contributed by atoms with Crippen LogP contribution in [0.3, 0.4) is 0 Å². The Bertz CT molecular complexity index is 1310. The second-order valence-electron chi connectivity index (χ2n) is 7.60. The van der Waals surface area contributed by atoms with Gasteiger partial charge >= 0.3 is 11.8 Å². The Balaban J connectivity index is 1.72. The molecule has 0 bridgehead atoms. The molecule has 1 aromatic heterocycles. The molecule has 0 radical (unpaired) electrons. The van der Waals surface area contributed by atoms with E-state index in [1.54, 1.807) is 48.3 Å². The molecule has 3 aromatic carbocycles. The highest BCUT2D eigenvalue weighted by molar-refractivity contribution is 6.12. The molecule has 2 heterocycles. The van der Waals surface area contributed by atoms with E-state index in [4.69, 9.17) is 4.74 Å². The molecule has 7 heteroatoms. The van der Waals surface area contributed by atoms with Gasteiger partial charge in [-0.2, -0.15) is 13.9 Å². The van der Waals surface area contributed by atoms with Gasteiger partial charge in [0.2, 0.25) is 0 Å². The van der Waals surface area contributed by atoms with Gasteiger partial charge < -0.3 is 4.74 Å². The number of rotatable bonds is 4. The quantitative estimate of drug-likeness (QED) is 0.421. The van der Waals surface area contributed by atoms with Crippen molar-refractivity contribution in [3.63, 3.8) is 0 Å². The van der Waals surface area contributed by atoms with Crippen molar-refractivity contribution in [2.75, 3.05) is 12.0 Å². The fourth-order valence-electron chi connectivity index (χ4n) is 3.85. The largest absolute Gasteiger partial charge is 0.497 e. The van der Waals surface area contributed by atoms with Crippen LogP contribution in [0, 0.1) is 6.92 Å². The predicted molar refractivity (Wildman–Crippen MR) is 118 cm³/mol. The number of aromatic nitrogens is 2. The first kappa shape index (κ1) is 19.9. The van der Waals surface area contributed by atoms with Gasteiger partial charge in [-0.25, -0.2) is 4.68 Å². The van der Waals surface area contributed by atoms with Gasteiger partial charge in [-0.3, -0.25) is 9.69 Å². The smallest absolute Gasteiger partial charge is 0.352 e. The molecular formula is C25H19F2N3O2. The van der Waals surface area contributed by atoms with Gasteiger partial charge in [-0.15, -0.1) is 0 Å². The standard InChI is InChI=1S/C25H19F2N3O2/c1-16-7-11-18(12-8-16)29-15-22(23(28-29)17-9-13-19(32-2)14-10-17)30-21-6-4-3-5-20(21)25(26,27)24(30)31/h3-15H,1-2H3. The van der Waals surface area contributed by atoms with Crippen molar-refractivity contribution in [3.8, 4) is 22.7 Å². The maximum atomic E-state index is 14.8. The molecule has 0 saturated heterocycles. The molecule has 0 atom stereocenters. The van der Waals surface area contributed by atoms with Crippen molar-refractivity contribution in [2.24, 2.45) is 0 Å². The highest BCUT2D eigenvalue weighted by Crippen LogP contribution is 2.49. The molecule has 0 fully saturated rings. The third kappa shape index (κ3) is 3.05. The molecule has 0 aliphatic carbocycles. The van der Waals surface area contributed by atoms with Crippen LogP contribution in [0.15, 0.2) is 79.0 Å². The van der Waals surface area contributed by atoms with Crippen molar-refractivity contribution in [1.82, 2.24) is 9.78 Å². The van der Waals surface area contributed by atoms with Crippen LogP contribution in [0.1, 0.15) is 11.1 Å². The number of hydrogen-bond acceptors (Lipinski definition) is 3. The molecule has 1 aliphatic heterocycles. The van der Waals surface area contributed by atoms with E-state index in [1.807, 2.05) is 31.2 Å². The lowest BCUT2D eigenvalue weighted by atomic mass is 10.1. The van der Waals surface area contributed by atoms with Gasteiger partial charge in [0, 0.05) is 5.56 Å². The molecular weight excluding hydrogens is 412 g/mol. The number of alkyl halides is 2. The number of benzene rings is 3. The third-order valence-corrected chi connectivity index (χ3v) is 5.55. The molecule has 0 N–H and O–H groups in total. The van der Waals surface area contributed by atoms with Crippen molar-refractivity contribution in [1.29, 1.82) is 0 Å². The fraction of sp³-hybridized carbons (Fsp3) is 0.120. The van der Waals surface area contributed by atoms with E-state index in [-0.39, 0.29) is 16.9 Å². The Morgan fingerprint density at radius 1 is 0.906 bits per heavy atom. The summed E-state index contributed by atoms with van der Waals surface area (Å²) in [6.45, 7) is 1.98. The zero-order chi connectivity index (χ0) is 22.5. The summed E-state index contributed by atoms with van der Waals surface area (Å²) in [6.07, 6.45) is 1.61. The number of nitrogens with zero attached hydrogens (tertiary/aromatic N) is 3. The van der Waals surface area contributed by atoms with E-state index in [2.05, 4.69) is 5.10 Å². The molecule has 1 aliphatic rings. The van der Waals surface area contributed by atoms with Crippen LogP contribution in [-0.4, -0.2) is 22.8 Å². The predicted octanol–water partition coefficient (Wildman–Crippen LogP) is 5.63. The average Bonchev–Trinajstić information content (AvgIpc) is 3.32. The number of methoxy groups -OCH3 is 1. The number of ether oxygens (including phenoxy) is 1. The van der Waals surface area contributed by atoms with Crippen molar-refractivity contribution >= 4 is 17.3 Å². The first-order chi connectivity index (χ1) is 15.4. The van der Waals surface area contributed by atoms with Crippen LogP contribution < -0.4 is 9.64 Å². The van der Waals surface area contributed by atoms with E-state index in [9.17, 15) is 13.6 Å². The Labute approximate surface area is 183 Å². The number of aryl methyl sites for hydroxylation is 1. The van der Waals surface area contributed by atoms with Crippen LogP contribution in [0.4, 0.5) is 20.2 Å². The number of amides is 1. The average molecular weight is 431 g/mol. The van der Waals surface area contributed by atoms with E-state index in [1.165, 1.54) is 18.2 Å². The topological polar surface area (TPSA) is 47.4 Å². The van der Waals surface area contributed by atoms with Crippen LogP contribution >= 0.6 is 0 Å². The van der Waals surface area contributed by atoms with Gasteiger partial charge in [0.25, 0.3) is 0 Å². The van der Waals surface area contributed by atoms with Crippen molar-refractivity contribution in [2.45, 2.75) is 12.8 Å². The summed E-state index contributed by atoms with van der Waals surface area (Å²) in [5.41, 5.74) is 3.05. The molecule has 0 spiro atoms. The Hall–Kier alpha value is -4.00. The van der Waals surface area contributed by atoms with E-state index >= 15 is 0 Å². The van der Waals surface area contributed by atoms with Crippen molar-refractivity contribution < 1.29 is 18.3 Å². The molecule has 160 valence electrons. The monoisotopic (exact) mass is 431 g/mol. The number of anilines is 2. The minimum Gasteiger partial charge on any atom is -0.497 e. The van der Waals surface area contributed by atoms with Crippen molar-refractivity contribution in [3.05, 3.63) is 90.1 Å². The molecule has 4 aromatic rings. The zero-order valence-electron chi connectivity index (χ0n) is 17.4. The lowest BCUT2D eigenvalue weighted by molar-refractivity contribution is -0.140. The molecule has 0 unspecified atom stereocenters. The fourth-order valence-corrected chi connectivity index (χ4v) is 3.85. The first-order valence-electron chi connectivity index (χ1n) is 10.0. The molecule has 0 saturated carbocycles. The number of para-hydroxylation sites is 1. The van der Waals surface area contributed by atoms with Gasteiger partial charge in [-0.1, -0.05) is 35.9 Å². The summed E-state index contributed by atoms with van der Waals surface area (Å²) in [7, 11) is 1.56. The number of halogens is 2. The number of hydrogen-bond donors (Lipinski definition) is 0. The Morgan fingerprint density at radius 3 is 2.28 bits per heavy atom. The maximum absolute atomic E-state index is 14.8. The summed E-state index contributed by atoms with van der Waals surface area (Å²) in [5, 5.41) is 4.67. The minimum atomic E-state index is -3.61. The summed E-state index contributed by atoms with van der Waals surface area (Å²) in [5.74, 6) is -4.25. The summed E-state index contributed by atoms with van der Waals surface area (Å²) >= 11 is 0. The second-order valence-corrected chi connectivity index (χ2v) is 7.60. The van der Waals surface area contributed by atoms with Gasteiger partial charge in [0.1, 0.15) is 11.4 Å². The minimum absolute atomic E-state index is 0.153. The number of carbonyl (C=O) groups excluding carboxylic acids is 1. The van der Waals surface area contributed by atoms with Gasteiger partial charge in [-0.05, 0) is 49.4 Å². The normalized spacial score (nSPS) is 14.5. The van der Waals surface area contributed by atoms with E-state index in [0.717, 1.165) is 16.2 Å². The van der Waals surface area contributed by atoms with Crippen LogP contribution in [-0.2, 0) is 10.7 Å². The number of fused-ring (bicyclic) bond motifs is 1. The summed E-state index contributed by atoms with van der Waals surface area (Å²) in [4.78, 5) is 13.9. The highest BCUT2D eigenvalue weighted by atomic mass is 19.3. The summed E-state index contributed by atoms with van der Waals surface area (Å²) in [6, 6.07) is 20.7.